The first-order valence-electron chi connectivity index (χ1n) is 7.50. The average Bonchev–Trinajstić information content (AvgIpc) is 2.55. The topological polar surface area (TPSA) is 50.4 Å². The van der Waals surface area contributed by atoms with Gasteiger partial charge in [-0.2, -0.15) is 0 Å². The van der Waals surface area contributed by atoms with E-state index in [0.29, 0.717) is 6.61 Å². The van der Waals surface area contributed by atoms with Crippen LogP contribution in [0.25, 0.3) is 0 Å². The quantitative estimate of drug-likeness (QED) is 0.824. The number of benzene rings is 2. The Bertz CT molecular complexity index is 582. The molecule has 0 aromatic heterocycles. The molecule has 0 saturated carbocycles. The Balaban J connectivity index is 1.80. The van der Waals surface area contributed by atoms with Crippen molar-refractivity contribution in [3.05, 3.63) is 60.2 Å². The lowest BCUT2D eigenvalue weighted by Crippen LogP contribution is -2.30. The van der Waals surface area contributed by atoms with Crippen LogP contribution in [0, 0.1) is 0 Å². The van der Waals surface area contributed by atoms with Gasteiger partial charge in [-0.1, -0.05) is 30.3 Å². The zero-order valence-corrected chi connectivity index (χ0v) is 13.0. The largest absolute Gasteiger partial charge is 0.494 e. The summed E-state index contributed by atoms with van der Waals surface area (Å²) >= 11 is 0. The minimum absolute atomic E-state index is 0.0630. The summed E-state index contributed by atoms with van der Waals surface area (Å²) in [5.74, 6) is 0.739. The minimum Gasteiger partial charge on any atom is -0.494 e. The Morgan fingerprint density at radius 1 is 1.09 bits per heavy atom. The van der Waals surface area contributed by atoms with Gasteiger partial charge in [-0.3, -0.25) is 4.79 Å². The van der Waals surface area contributed by atoms with Gasteiger partial charge in [0.05, 0.1) is 13.2 Å². The summed E-state index contributed by atoms with van der Waals surface area (Å²) in [6.07, 6.45) is 0. The molecule has 2 aromatic carbocycles. The smallest absolute Gasteiger partial charge is 0.238 e. The second-order valence-electron chi connectivity index (χ2n) is 5.02. The summed E-state index contributed by atoms with van der Waals surface area (Å²) in [6.45, 7) is 4.88. The van der Waals surface area contributed by atoms with Gasteiger partial charge in [-0.25, -0.2) is 0 Å². The predicted molar refractivity (Wildman–Crippen MR) is 89.1 cm³/mol. The fourth-order valence-electron chi connectivity index (χ4n) is 2.11. The Morgan fingerprint density at radius 3 is 2.41 bits per heavy atom. The number of hydrogen-bond acceptors (Lipinski definition) is 3. The van der Waals surface area contributed by atoms with E-state index >= 15 is 0 Å². The molecule has 2 aromatic rings. The van der Waals surface area contributed by atoms with Crippen LogP contribution >= 0.6 is 0 Å². The second kappa shape index (κ2) is 8.20. The molecule has 0 spiro atoms. The molecule has 0 fully saturated rings. The molecule has 1 amide bonds. The molecule has 0 heterocycles. The van der Waals surface area contributed by atoms with Crippen molar-refractivity contribution in [3.8, 4) is 5.75 Å². The van der Waals surface area contributed by atoms with E-state index in [1.807, 2.05) is 68.4 Å². The SMILES string of the molecule is CCOc1ccc(NC(=O)CN[C@@H](C)c2ccccc2)cc1. The number of rotatable bonds is 7. The second-order valence-corrected chi connectivity index (χ2v) is 5.02. The average molecular weight is 298 g/mol. The van der Waals surface area contributed by atoms with E-state index in [1.54, 1.807) is 0 Å². The van der Waals surface area contributed by atoms with Gasteiger partial charge >= 0.3 is 0 Å². The van der Waals surface area contributed by atoms with E-state index < -0.39 is 0 Å². The summed E-state index contributed by atoms with van der Waals surface area (Å²) in [5.41, 5.74) is 1.93. The third-order valence-electron chi connectivity index (χ3n) is 3.32. The van der Waals surface area contributed by atoms with Crippen molar-refractivity contribution in [3.63, 3.8) is 0 Å². The van der Waals surface area contributed by atoms with Crippen molar-refractivity contribution >= 4 is 11.6 Å². The molecule has 0 aliphatic rings. The summed E-state index contributed by atoms with van der Waals surface area (Å²) in [6, 6.07) is 17.6. The van der Waals surface area contributed by atoms with Crippen molar-refractivity contribution < 1.29 is 9.53 Å². The van der Waals surface area contributed by atoms with Crippen molar-refractivity contribution in [2.24, 2.45) is 0 Å². The first-order valence-corrected chi connectivity index (χ1v) is 7.50. The number of hydrogen-bond donors (Lipinski definition) is 2. The van der Waals surface area contributed by atoms with Crippen molar-refractivity contribution in [1.29, 1.82) is 0 Å². The maximum absolute atomic E-state index is 12.0. The molecule has 0 bridgehead atoms. The molecule has 116 valence electrons. The van der Waals surface area contributed by atoms with E-state index in [2.05, 4.69) is 10.6 Å². The van der Waals surface area contributed by atoms with Gasteiger partial charge in [0.25, 0.3) is 0 Å². The highest BCUT2D eigenvalue weighted by Crippen LogP contribution is 2.15. The van der Waals surface area contributed by atoms with Gasteiger partial charge in [0.15, 0.2) is 0 Å². The van der Waals surface area contributed by atoms with Crippen LogP contribution in [-0.4, -0.2) is 19.1 Å². The monoisotopic (exact) mass is 298 g/mol. The molecule has 2 N–H and O–H groups in total. The summed E-state index contributed by atoms with van der Waals surface area (Å²) in [7, 11) is 0. The van der Waals surface area contributed by atoms with E-state index in [-0.39, 0.29) is 18.5 Å². The minimum atomic E-state index is -0.0630. The fourth-order valence-corrected chi connectivity index (χ4v) is 2.11. The molecule has 0 unspecified atom stereocenters. The van der Waals surface area contributed by atoms with Crippen molar-refractivity contribution in [2.75, 3.05) is 18.5 Å². The maximum atomic E-state index is 12.0. The molecule has 4 nitrogen and oxygen atoms in total. The summed E-state index contributed by atoms with van der Waals surface area (Å²) in [5, 5.41) is 6.07. The number of ether oxygens (including phenoxy) is 1. The summed E-state index contributed by atoms with van der Waals surface area (Å²) < 4.78 is 5.37. The van der Waals surface area contributed by atoms with Crippen LogP contribution in [-0.2, 0) is 4.79 Å². The standard InChI is InChI=1S/C18H22N2O2/c1-3-22-17-11-9-16(10-12-17)20-18(21)13-19-14(2)15-7-5-4-6-8-15/h4-12,14,19H,3,13H2,1-2H3,(H,20,21)/t14-/m0/s1. The molecule has 0 saturated heterocycles. The normalized spacial score (nSPS) is 11.7. The molecule has 2 rings (SSSR count). The zero-order chi connectivity index (χ0) is 15.8. The fraction of sp³-hybridized carbons (Fsp3) is 0.278. The van der Waals surface area contributed by atoms with Crippen LogP contribution in [0.2, 0.25) is 0 Å². The number of carbonyl (C=O) groups excluding carboxylic acids is 1. The summed E-state index contributed by atoms with van der Waals surface area (Å²) in [4.78, 5) is 12.0. The number of nitrogens with one attached hydrogen (secondary N) is 2. The maximum Gasteiger partial charge on any atom is 0.238 e. The van der Waals surface area contributed by atoms with Crippen LogP contribution in [0.4, 0.5) is 5.69 Å². The van der Waals surface area contributed by atoms with Crippen LogP contribution < -0.4 is 15.4 Å². The third kappa shape index (κ3) is 4.90. The Kier molecular flexibility index (Phi) is 5.98. The molecule has 22 heavy (non-hydrogen) atoms. The van der Waals surface area contributed by atoms with E-state index in [4.69, 9.17) is 4.74 Å². The molecular formula is C18H22N2O2. The number of anilines is 1. The highest BCUT2D eigenvalue weighted by molar-refractivity contribution is 5.92. The van der Waals surface area contributed by atoms with Gasteiger partial charge in [0, 0.05) is 11.7 Å². The lowest BCUT2D eigenvalue weighted by atomic mass is 10.1. The molecule has 0 aliphatic carbocycles. The number of amides is 1. The highest BCUT2D eigenvalue weighted by Gasteiger charge is 2.07. The van der Waals surface area contributed by atoms with Crippen LogP contribution in [0.3, 0.4) is 0 Å². The van der Waals surface area contributed by atoms with Gasteiger partial charge in [0.1, 0.15) is 5.75 Å². The Labute approximate surface area is 131 Å². The highest BCUT2D eigenvalue weighted by atomic mass is 16.5. The molecule has 0 aliphatic heterocycles. The zero-order valence-electron chi connectivity index (χ0n) is 13.0. The Morgan fingerprint density at radius 2 is 1.77 bits per heavy atom. The van der Waals surface area contributed by atoms with Crippen LogP contribution in [0.15, 0.2) is 54.6 Å². The van der Waals surface area contributed by atoms with Crippen molar-refractivity contribution in [1.82, 2.24) is 5.32 Å². The lowest BCUT2D eigenvalue weighted by Gasteiger charge is -2.14. The van der Waals surface area contributed by atoms with E-state index in [9.17, 15) is 4.79 Å². The van der Waals surface area contributed by atoms with E-state index in [1.165, 1.54) is 0 Å². The molecular weight excluding hydrogens is 276 g/mol. The molecule has 4 heteroatoms. The number of carbonyl (C=O) groups is 1. The lowest BCUT2D eigenvalue weighted by molar-refractivity contribution is -0.115. The molecule has 1 atom stereocenters. The van der Waals surface area contributed by atoms with Crippen LogP contribution in [0.1, 0.15) is 25.5 Å². The first kappa shape index (κ1) is 16.0. The van der Waals surface area contributed by atoms with E-state index in [0.717, 1.165) is 17.0 Å². The van der Waals surface area contributed by atoms with Gasteiger partial charge in [-0.15, -0.1) is 0 Å². The molecule has 0 radical (unpaired) electrons. The van der Waals surface area contributed by atoms with Crippen LogP contribution in [0.5, 0.6) is 5.75 Å². The van der Waals surface area contributed by atoms with Gasteiger partial charge < -0.3 is 15.4 Å². The van der Waals surface area contributed by atoms with Crippen molar-refractivity contribution in [2.45, 2.75) is 19.9 Å². The predicted octanol–water partition coefficient (Wildman–Crippen LogP) is 3.37. The van der Waals surface area contributed by atoms with Gasteiger partial charge in [-0.05, 0) is 43.7 Å². The van der Waals surface area contributed by atoms with Gasteiger partial charge in [0.2, 0.25) is 5.91 Å². The third-order valence-corrected chi connectivity index (χ3v) is 3.32. The first-order chi connectivity index (χ1) is 10.7. The Hall–Kier alpha value is -2.33.